The van der Waals surface area contributed by atoms with Crippen molar-refractivity contribution >= 4 is 17.8 Å². The fourth-order valence-electron chi connectivity index (χ4n) is 2.25. The van der Waals surface area contributed by atoms with Crippen LogP contribution in [-0.4, -0.2) is 48.9 Å². The maximum atomic E-state index is 12.2. The minimum Gasteiger partial charge on any atom is -0.466 e. The lowest BCUT2D eigenvalue weighted by Gasteiger charge is -2.29. The zero-order chi connectivity index (χ0) is 15.1. The summed E-state index contributed by atoms with van der Waals surface area (Å²) in [6, 6.07) is -0.448. The number of nitrogens with zero attached hydrogens (tertiary/aromatic N) is 1. The van der Waals surface area contributed by atoms with E-state index in [1.54, 1.807) is 4.90 Å². The molecule has 6 heteroatoms. The molecule has 1 rings (SSSR count). The molecule has 0 aromatic heterocycles. The van der Waals surface area contributed by atoms with Gasteiger partial charge in [-0.05, 0) is 12.3 Å². The monoisotopic (exact) mass is 282 g/mol. The molecule has 0 aromatic rings. The van der Waals surface area contributed by atoms with Crippen molar-refractivity contribution < 1.29 is 19.1 Å². The quantitative estimate of drug-likeness (QED) is 0.568. The largest absolute Gasteiger partial charge is 0.466 e. The van der Waals surface area contributed by atoms with E-state index in [0.29, 0.717) is 13.0 Å². The smallest absolute Gasteiger partial charge is 0.330 e. The maximum absolute atomic E-state index is 12.2. The Morgan fingerprint density at radius 1 is 1.45 bits per heavy atom. The number of hydrogen-bond donors (Lipinski definition) is 1. The topological polar surface area (TPSA) is 75.7 Å². The fourth-order valence-corrected chi connectivity index (χ4v) is 2.25. The fraction of sp³-hybridized carbons (Fsp3) is 0.643. The zero-order valence-corrected chi connectivity index (χ0v) is 12.2. The lowest BCUT2D eigenvalue weighted by molar-refractivity contribution is -0.138. The summed E-state index contributed by atoms with van der Waals surface area (Å²) < 4.78 is 4.45. The van der Waals surface area contributed by atoms with E-state index < -0.39 is 12.0 Å². The number of carbonyl (C=O) groups excluding carboxylic acids is 3. The Hall–Kier alpha value is -1.85. The summed E-state index contributed by atoms with van der Waals surface area (Å²) in [6.07, 6.45) is 4.09. The third-order valence-corrected chi connectivity index (χ3v) is 3.20. The molecule has 0 saturated carbocycles. The van der Waals surface area contributed by atoms with Gasteiger partial charge < -0.3 is 15.0 Å². The number of esters is 1. The van der Waals surface area contributed by atoms with Crippen LogP contribution >= 0.6 is 0 Å². The van der Waals surface area contributed by atoms with Crippen LogP contribution in [0.3, 0.4) is 0 Å². The van der Waals surface area contributed by atoms with Crippen LogP contribution in [0.5, 0.6) is 0 Å². The number of carbonyl (C=O) groups is 3. The van der Waals surface area contributed by atoms with Crippen molar-refractivity contribution in [2.24, 2.45) is 5.92 Å². The highest BCUT2D eigenvalue weighted by Crippen LogP contribution is 2.19. The van der Waals surface area contributed by atoms with Crippen LogP contribution in [-0.2, 0) is 19.1 Å². The van der Waals surface area contributed by atoms with Crippen LogP contribution in [0.2, 0.25) is 0 Å². The molecule has 1 N–H and O–H groups in total. The third kappa shape index (κ3) is 4.36. The zero-order valence-electron chi connectivity index (χ0n) is 12.2. The summed E-state index contributed by atoms with van der Waals surface area (Å²) in [7, 11) is 1.29. The molecule has 1 atom stereocenters. The predicted octanol–water partition coefficient (Wildman–Crippen LogP) is 0.479. The minimum absolute atomic E-state index is 0.0314. The van der Waals surface area contributed by atoms with Gasteiger partial charge in [0, 0.05) is 25.6 Å². The second kappa shape index (κ2) is 7.67. The van der Waals surface area contributed by atoms with E-state index in [9.17, 15) is 14.4 Å². The molecule has 20 heavy (non-hydrogen) atoms. The highest BCUT2D eigenvalue weighted by atomic mass is 16.5. The van der Waals surface area contributed by atoms with Crippen LogP contribution in [0.15, 0.2) is 12.2 Å². The summed E-state index contributed by atoms with van der Waals surface area (Å²) in [6.45, 7) is 4.70. The molecule has 1 heterocycles. The Morgan fingerprint density at radius 3 is 2.65 bits per heavy atom. The van der Waals surface area contributed by atoms with Gasteiger partial charge in [0.15, 0.2) is 0 Å². The maximum Gasteiger partial charge on any atom is 0.330 e. The van der Waals surface area contributed by atoms with Gasteiger partial charge in [0.1, 0.15) is 6.04 Å². The SMILES string of the molecule is COC(=O)/C=C/CNC(=O)C(C(C)C)N1CCCC1=O. The van der Waals surface area contributed by atoms with E-state index in [0.717, 1.165) is 6.42 Å². The van der Waals surface area contributed by atoms with E-state index in [1.807, 2.05) is 13.8 Å². The van der Waals surface area contributed by atoms with Gasteiger partial charge >= 0.3 is 5.97 Å². The molecule has 1 fully saturated rings. The summed E-state index contributed by atoms with van der Waals surface area (Å²) in [5.41, 5.74) is 0. The van der Waals surface area contributed by atoms with Gasteiger partial charge in [0.25, 0.3) is 0 Å². The van der Waals surface area contributed by atoms with Gasteiger partial charge in [0.2, 0.25) is 11.8 Å². The van der Waals surface area contributed by atoms with Crippen LogP contribution in [0.1, 0.15) is 26.7 Å². The molecule has 1 saturated heterocycles. The number of hydrogen-bond acceptors (Lipinski definition) is 4. The molecule has 0 aliphatic carbocycles. The molecule has 1 unspecified atom stereocenters. The van der Waals surface area contributed by atoms with Crippen molar-refractivity contribution in [1.29, 1.82) is 0 Å². The number of nitrogens with one attached hydrogen (secondary N) is 1. The minimum atomic E-state index is -0.464. The lowest BCUT2D eigenvalue weighted by atomic mass is 10.0. The van der Waals surface area contributed by atoms with Crippen molar-refractivity contribution in [1.82, 2.24) is 10.2 Å². The summed E-state index contributed by atoms with van der Waals surface area (Å²) in [5.74, 6) is -0.579. The summed E-state index contributed by atoms with van der Waals surface area (Å²) in [4.78, 5) is 36.4. The normalized spacial score (nSPS) is 16.8. The second-order valence-electron chi connectivity index (χ2n) is 5.05. The lowest BCUT2D eigenvalue weighted by Crippen LogP contribution is -2.50. The predicted molar refractivity (Wildman–Crippen MR) is 73.7 cm³/mol. The van der Waals surface area contributed by atoms with E-state index >= 15 is 0 Å². The van der Waals surface area contributed by atoms with E-state index in [4.69, 9.17) is 0 Å². The first-order valence-electron chi connectivity index (χ1n) is 6.79. The molecular formula is C14H22N2O4. The highest BCUT2D eigenvalue weighted by Gasteiger charge is 2.34. The molecular weight excluding hydrogens is 260 g/mol. The molecule has 0 spiro atoms. The first-order chi connectivity index (χ1) is 9.47. The average molecular weight is 282 g/mol. The van der Waals surface area contributed by atoms with E-state index in [-0.39, 0.29) is 24.3 Å². The molecule has 112 valence electrons. The van der Waals surface area contributed by atoms with Crippen molar-refractivity contribution in [2.75, 3.05) is 20.2 Å². The third-order valence-electron chi connectivity index (χ3n) is 3.20. The first kappa shape index (κ1) is 16.2. The van der Waals surface area contributed by atoms with Crippen LogP contribution in [0.4, 0.5) is 0 Å². The average Bonchev–Trinajstić information content (AvgIpc) is 2.80. The molecule has 0 aromatic carbocycles. The molecule has 0 radical (unpaired) electrons. The number of ether oxygens (including phenoxy) is 1. The Bertz CT molecular complexity index is 404. The van der Waals surface area contributed by atoms with Crippen LogP contribution in [0.25, 0.3) is 0 Å². The Balaban J connectivity index is 2.55. The standard InChI is InChI=1S/C14H22N2O4/c1-10(2)13(16-9-5-6-11(16)17)14(19)15-8-4-7-12(18)20-3/h4,7,10,13H,5-6,8-9H2,1-3H3,(H,15,19)/b7-4+. The summed E-state index contributed by atoms with van der Waals surface area (Å²) >= 11 is 0. The van der Waals surface area contributed by atoms with Gasteiger partial charge in [-0.2, -0.15) is 0 Å². The van der Waals surface area contributed by atoms with Gasteiger partial charge in [-0.25, -0.2) is 4.79 Å². The molecule has 0 bridgehead atoms. The van der Waals surface area contributed by atoms with Crippen molar-refractivity contribution in [3.63, 3.8) is 0 Å². The second-order valence-corrected chi connectivity index (χ2v) is 5.05. The molecule has 1 aliphatic rings. The van der Waals surface area contributed by atoms with Crippen molar-refractivity contribution in [3.8, 4) is 0 Å². The van der Waals surface area contributed by atoms with Gasteiger partial charge in [-0.1, -0.05) is 19.9 Å². The number of likely N-dealkylation sites (tertiary alicyclic amines) is 1. The first-order valence-corrected chi connectivity index (χ1v) is 6.79. The van der Waals surface area contributed by atoms with E-state index in [1.165, 1.54) is 19.3 Å². The summed E-state index contributed by atoms with van der Waals surface area (Å²) in [5, 5.41) is 2.71. The highest BCUT2D eigenvalue weighted by molar-refractivity contribution is 5.89. The number of rotatable bonds is 6. The number of amides is 2. The van der Waals surface area contributed by atoms with Gasteiger partial charge in [-0.15, -0.1) is 0 Å². The van der Waals surface area contributed by atoms with Crippen molar-refractivity contribution in [3.05, 3.63) is 12.2 Å². The number of methoxy groups -OCH3 is 1. The van der Waals surface area contributed by atoms with Gasteiger partial charge in [0.05, 0.1) is 7.11 Å². The Morgan fingerprint density at radius 2 is 2.15 bits per heavy atom. The van der Waals surface area contributed by atoms with Crippen LogP contribution < -0.4 is 5.32 Å². The van der Waals surface area contributed by atoms with Gasteiger partial charge in [-0.3, -0.25) is 9.59 Å². The molecule has 1 aliphatic heterocycles. The van der Waals surface area contributed by atoms with E-state index in [2.05, 4.69) is 10.1 Å². The molecule has 2 amide bonds. The van der Waals surface area contributed by atoms with Crippen LogP contribution in [0, 0.1) is 5.92 Å². The van der Waals surface area contributed by atoms with Crippen molar-refractivity contribution in [2.45, 2.75) is 32.7 Å². The molecule has 6 nitrogen and oxygen atoms in total. The Kier molecular flexibility index (Phi) is 6.21. The Labute approximate surface area is 119 Å².